The predicted octanol–water partition coefficient (Wildman–Crippen LogP) is 0.616. The lowest BCUT2D eigenvalue weighted by atomic mass is 10.3. The molecule has 1 rings (SSSR count). The Morgan fingerprint density at radius 3 is 2.86 bits per heavy atom. The SMILES string of the molecule is NCC(Oc1cccc(F)c1)C(=O)O. The normalized spacial score (nSPS) is 12.1. The zero-order chi connectivity index (χ0) is 10.6. The van der Waals surface area contributed by atoms with Gasteiger partial charge in [0.05, 0.1) is 0 Å². The summed E-state index contributed by atoms with van der Waals surface area (Å²) in [5, 5.41) is 8.61. The molecule has 0 aliphatic carbocycles. The van der Waals surface area contributed by atoms with E-state index in [4.69, 9.17) is 15.6 Å². The van der Waals surface area contributed by atoms with Gasteiger partial charge in [0.25, 0.3) is 0 Å². The quantitative estimate of drug-likeness (QED) is 0.745. The fourth-order valence-corrected chi connectivity index (χ4v) is 0.904. The van der Waals surface area contributed by atoms with Crippen molar-refractivity contribution in [1.29, 1.82) is 0 Å². The fraction of sp³-hybridized carbons (Fsp3) is 0.222. The van der Waals surface area contributed by atoms with Crippen LogP contribution in [0.15, 0.2) is 24.3 Å². The van der Waals surface area contributed by atoms with Crippen LogP contribution in [0.25, 0.3) is 0 Å². The van der Waals surface area contributed by atoms with Crippen molar-refractivity contribution in [2.24, 2.45) is 5.73 Å². The number of carboxylic acids is 1. The smallest absolute Gasteiger partial charge is 0.346 e. The molecule has 0 spiro atoms. The van der Waals surface area contributed by atoms with Gasteiger partial charge in [-0.3, -0.25) is 0 Å². The molecule has 0 fully saturated rings. The van der Waals surface area contributed by atoms with E-state index < -0.39 is 17.9 Å². The minimum Gasteiger partial charge on any atom is -0.478 e. The zero-order valence-corrected chi connectivity index (χ0v) is 7.31. The van der Waals surface area contributed by atoms with Crippen LogP contribution < -0.4 is 10.5 Å². The molecule has 1 aromatic rings. The summed E-state index contributed by atoms with van der Waals surface area (Å²) in [4.78, 5) is 10.5. The number of benzene rings is 1. The summed E-state index contributed by atoms with van der Waals surface area (Å²) in [5.41, 5.74) is 5.16. The number of nitrogens with two attached hydrogens (primary N) is 1. The Bertz CT molecular complexity index is 330. The molecule has 0 heterocycles. The van der Waals surface area contributed by atoms with Crippen molar-refractivity contribution >= 4 is 5.97 Å². The van der Waals surface area contributed by atoms with Gasteiger partial charge in [0.2, 0.25) is 6.10 Å². The molecule has 0 aliphatic rings. The van der Waals surface area contributed by atoms with Crippen molar-refractivity contribution in [3.8, 4) is 5.75 Å². The summed E-state index contributed by atoms with van der Waals surface area (Å²) in [6.45, 7) is -0.161. The van der Waals surface area contributed by atoms with Crippen molar-refractivity contribution in [1.82, 2.24) is 0 Å². The number of carbonyl (C=O) groups is 1. The summed E-state index contributed by atoms with van der Waals surface area (Å²) in [6.07, 6.45) is -1.14. The van der Waals surface area contributed by atoms with E-state index in [1.807, 2.05) is 0 Å². The van der Waals surface area contributed by atoms with Crippen LogP contribution in [0.1, 0.15) is 0 Å². The highest BCUT2D eigenvalue weighted by atomic mass is 19.1. The first-order chi connectivity index (χ1) is 6.63. The maximum atomic E-state index is 12.7. The number of hydrogen-bond acceptors (Lipinski definition) is 3. The number of halogens is 1. The van der Waals surface area contributed by atoms with Gasteiger partial charge in [0, 0.05) is 12.6 Å². The molecule has 0 aromatic heterocycles. The monoisotopic (exact) mass is 199 g/mol. The Morgan fingerprint density at radius 1 is 1.64 bits per heavy atom. The Hall–Kier alpha value is -1.62. The van der Waals surface area contributed by atoms with Gasteiger partial charge in [0.15, 0.2) is 0 Å². The van der Waals surface area contributed by atoms with Gasteiger partial charge in [-0.2, -0.15) is 0 Å². The molecule has 1 aromatic carbocycles. The van der Waals surface area contributed by atoms with Gasteiger partial charge in [-0.15, -0.1) is 0 Å². The summed E-state index contributed by atoms with van der Waals surface area (Å²) in [7, 11) is 0. The van der Waals surface area contributed by atoms with Crippen molar-refractivity contribution in [3.05, 3.63) is 30.1 Å². The molecular formula is C9H10FNO3. The largest absolute Gasteiger partial charge is 0.478 e. The average molecular weight is 199 g/mol. The zero-order valence-electron chi connectivity index (χ0n) is 7.31. The van der Waals surface area contributed by atoms with Gasteiger partial charge >= 0.3 is 5.97 Å². The first-order valence-electron chi connectivity index (χ1n) is 3.98. The molecule has 1 atom stereocenters. The highest BCUT2D eigenvalue weighted by Crippen LogP contribution is 2.13. The number of hydrogen-bond donors (Lipinski definition) is 2. The molecule has 5 heteroatoms. The summed E-state index contributed by atoms with van der Waals surface area (Å²) >= 11 is 0. The number of ether oxygens (including phenoxy) is 1. The van der Waals surface area contributed by atoms with Crippen LogP contribution in [0.2, 0.25) is 0 Å². The molecule has 0 radical (unpaired) electrons. The molecule has 14 heavy (non-hydrogen) atoms. The standard InChI is InChI=1S/C9H10FNO3/c10-6-2-1-3-7(4-6)14-8(5-11)9(12)13/h1-4,8H,5,11H2,(H,12,13). The predicted molar refractivity (Wildman–Crippen MR) is 47.5 cm³/mol. The number of carboxylic acid groups (broad SMARTS) is 1. The van der Waals surface area contributed by atoms with E-state index in [0.29, 0.717) is 0 Å². The second-order valence-electron chi connectivity index (χ2n) is 2.64. The third kappa shape index (κ3) is 2.70. The van der Waals surface area contributed by atoms with Crippen LogP contribution >= 0.6 is 0 Å². The Kier molecular flexibility index (Phi) is 3.41. The van der Waals surface area contributed by atoms with Crippen molar-refractivity contribution in [2.45, 2.75) is 6.10 Å². The van der Waals surface area contributed by atoms with E-state index in [-0.39, 0.29) is 12.3 Å². The molecular weight excluding hydrogens is 189 g/mol. The van der Waals surface area contributed by atoms with E-state index in [2.05, 4.69) is 0 Å². The maximum Gasteiger partial charge on any atom is 0.346 e. The molecule has 0 bridgehead atoms. The van der Waals surface area contributed by atoms with Crippen LogP contribution in [0.4, 0.5) is 4.39 Å². The Balaban J connectivity index is 2.72. The number of aliphatic carboxylic acids is 1. The minimum absolute atomic E-state index is 0.155. The molecule has 4 nitrogen and oxygen atoms in total. The van der Waals surface area contributed by atoms with Crippen LogP contribution in [-0.2, 0) is 4.79 Å². The van der Waals surface area contributed by atoms with Crippen molar-refractivity contribution in [3.63, 3.8) is 0 Å². The maximum absolute atomic E-state index is 12.7. The lowest BCUT2D eigenvalue weighted by Gasteiger charge is -2.12. The first-order valence-corrected chi connectivity index (χ1v) is 3.98. The van der Waals surface area contributed by atoms with Crippen molar-refractivity contribution < 1.29 is 19.0 Å². The molecule has 0 aliphatic heterocycles. The van der Waals surface area contributed by atoms with E-state index in [9.17, 15) is 9.18 Å². The molecule has 0 saturated carbocycles. The van der Waals surface area contributed by atoms with Gasteiger partial charge < -0.3 is 15.6 Å². The second kappa shape index (κ2) is 4.57. The highest BCUT2D eigenvalue weighted by Gasteiger charge is 2.16. The summed E-state index contributed by atoms with van der Waals surface area (Å²) in [6, 6.07) is 5.24. The van der Waals surface area contributed by atoms with Crippen LogP contribution in [0.3, 0.4) is 0 Å². The van der Waals surface area contributed by atoms with Gasteiger partial charge in [-0.25, -0.2) is 9.18 Å². The molecule has 3 N–H and O–H groups in total. The Morgan fingerprint density at radius 2 is 2.36 bits per heavy atom. The number of rotatable bonds is 4. The van der Waals surface area contributed by atoms with Gasteiger partial charge in [-0.1, -0.05) is 6.07 Å². The van der Waals surface area contributed by atoms with Gasteiger partial charge in [0.1, 0.15) is 11.6 Å². The molecule has 1 unspecified atom stereocenters. The van der Waals surface area contributed by atoms with E-state index in [1.54, 1.807) is 0 Å². The third-order valence-corrected chi connectivity index (χ3v) is 1.56. The van der Waals surface area contributed by atoms with E-state index in [0.717, 1.165) is 6.07 Å². The van der Waals surface area contributed by atoms with Crippen LogP contribution in [0.5, 0.6) is 5.75 Å². The van der Waals surface area contributed by atoms with Crippen LogP contribution in [-0.4, -0.2) is 23.7 Å². The van der Waals surface area contributed by atoms with Gasteiger partial charge in [-0.05, 0) is 12.1 Å². The van der Waals surface area contributed by atoms with Crippen LogP contribution in [0, 0.1) is 5.82 Å². The summed E-state index contributed by atoms with van der Waals surface area (Å²) in [5.74, 6) is -1.50. The van der Waals surface area contributed by atoms with E-state index in [1.165, 1.54) is 18.2 Å². The van der Waals surface area contributed by atoms with Crippen molar-refractivity contribution in [2.75, 3.05) is 6.54 Å². The molecule has 0 saturated heterocycles. The lowest BCUT2D eigenvalue weighted by molar-refractivity contribution is -0.144. The second-order valence-corrected chi connectivity index (χ2v) is 2.64. The topological polar surface area (TPSA) is 72.5 Å². The fourth-order valence-electron chi connectivity index (χ4n) is 0.904. The third-order valence-electron chi connectivity index (χ3n) is 1.56. The highest BCUT2D eigenvalue weighted by molar-refractivity contribution is 5.73. The molecule has 0 amide bonds. The minimum atomic E-state index is -1.17. The molecule has 76 valence electrons. The summed E-state index contributed by atoms with van der Waals surface area (Å²) < 4.78 is 17.6. The van der Waals surface area contributed by atoms with E-state index >= 15 is 0 Å². The average Bonchev–Trinajstić information content (AvgIpc) is 2.14. The lowest BCUT2D eigenvalue weighted by Crippen LogP contribution is -2.34. The Labute approximate surface area is 80.1 Å². The first kappa shape index (κ1) is 10.5.